The zero-order chi connectivity index (χ0) is 12.1. The van der Waals surface area contributed by atoms with Gasteiger partial charge in [0.2, 0.25) is 10.0 Å². The van der Waals surface area contributed by atoms with Gasteiger partial charge in [-0.25, -0.2) is 13.1 Å². The summed E-state index contributed by atoms with van der Waals surface area (Å²) in [6.07, 6.45) is 4.36. The third kappa shape index (κ3) is 4.01. The van der Waals surface area contributed by atoms with Crippen molar-refractivity contribution in [3.8, 4) is 0 Å². The van der Waals surface area contributed by atoms with Crippen molar-refractivity contribution in [2.24, 2.45) is 5.73 Å². The highest BCUT2D eigenvalue weighted by atomic mass is 32.2. The molecule has 6 heteroatoms. The number of hydrogen-bond donors (Lipinski definition) is 2. The van der Waals surface area contributed by atoms with Crippen LogP contribution in [0.2, 0.25) is 0 Å². The first-order chi connectivity index (χ1) is 7.54. The number of rotatable bonds is 8. The lowest BCUT2D eigenvalue weighted by atomic mass is 9.80. The normalized spacial score (nSPS) is 19.4. The Bertz CT molecular complexity index is 294. The third-order valence-electron chi connectivity index (χ3n) is 3.18. The van der Waals surface area contributed by atoms with E-state index in [2.05, 4.69) is 4.72 Å². The van der Waals surface area contributed by atoms with Crippen LogP contribution in [0.25, 0.3) is 0 Å². The van der Waals surface area contributed by atoms with Crippen LogP contribution in [0.3, 0.4) is 0 Å². The monoisotopic (exact) mass is 250 g/mol. The predicted octanol–water partition coefficient (Wildman–Crippen LogP) is 0.214. The highest BCUT2D eigenvalue weighted by Crippen LogP contribution is 2.34. The fourth-order valence-corrected chi connectivity index (χ4v) is 2.99. The molecule has 0 aliphatic heterocycles. The summed E-state index contributed by atoms with van der Waals surface area (Å²) in [5.74, 6) is 0.157. The van der Waals surface area contributed by atoms with E-state index in [-0.39, 0.29) is 11.4 Å². The van der Waals surface area contributed by atoms with Crippen LogP contribution in [0.15, 0.2) is 0 Å². The van der Waals surface area contributed by atoms with Crippen molar-refractivity contribution in [2.45, 2.75) is 37.7 Å². The van der Waals surface area contributed by atoms with Crippen molar-refractivity contribution in [2.75, 3.05) is 26.0 Å². The Hall–Kier alpha value is -0.170. The van der Waals surface area contributed by atoms with Gasteiger partial charge in [0.15, 0.2) is 0 Å². The van der Waals surface area contributed by atoms with Crippen molar-refractivity contribution >= 4 is 10.0 Å². The topological polar surface area (TPSA) is 81.4 Å². The second kappa shape index (κ2) is 5.95. The van der Waals surface area contributed by atoms with E-state index in [4.69, 9.17) is 10.5 Å². The number of hydrogen-bond acceptors (Lipinski definition) is 4. The lowest BCUT2D eigenvalue weighted by molar-refractivity contribution is -0.0659. The quantitative estimate of drug-likeness (QED) is 0.604. The number of ether oxygens (including phenoxy) is 1. The van der Waals surface area contributed by atoms with Gasteiger partial charge in [0, 0.05) is 13.7 Å². The van der Waals surface area contributed by atoms with E-state index in [9.17, 15) is 8.42 Å². The Labute approximate surface area is 97.8 Å². The Morgan fingerprint density at radius 3 is 2.50 bits per heavy atom. The van der Waals surface area contributed by atoms with Crippen molar-refractivity contribution in [3.63, 3.8) is 0 Å². The fourth-order valence-electron chi connectivity index (χ4n) is 1.77. The molecule has 5 nitrogen and oxygen atoms in total. The van der Waals surface area contributed by atoms with Crippen LogP contribution < -0.4 is 10.5 Å². The van der Waals surface area contributed by atoms with Gasteiger partial charge < -0.3 is 10.5 Å². The summed E-state index contributed by atoms with van der Waals surface area (Å²) in [5.41, 5.74) is 5.07. The fraction of sp³-hybridized carbons (Fsp3) is 1.00. The highest BCUT2D eigenvalue weighted by Gasteiger charge is 2.37. The standard InChI is InChI=1S/C10H22N2O3S/c1-15-10(5-4-6-10)9-12-16(13,14)8-3-2-7-11/h12H,2-9,11H2,1H3. The highest BCUT2D eigenvalue weighted by molar-refractivity contribution is 7.89. The molecule has 0 spiro atoms. The molecule has 0 amide bonds. The molecule has 0 aromatic rings. The van der Waals surface area contributed by atoms with Crippen LogP contribution in [0.1, 0.15) is 32.1 Å². The molecule has 0 radical (unpaired) electrons. The molecule has 1 rings (SSSR count). The molecule has 0 bridgehead atoms. The number of nitrogens with one attached hydrogen (secondary N) is 1. The minimum atomic E-state index is -3.16. The Balaban J connectivity index is 2.30. The molecule has 1 aliphatic rings. The van der Waals surface area contributed by atoms with Crippen LogP contribution in [0.5, 0.6) is 0 Å². The van der Waals surface area contributed by atoms with Crippen LogP contribution >= 0.6 is 0 Å². The molecule has 0 aromatic heterocycles. The van der Waals surface area contributed by atoms with E-state index in [0.717, 1.165) is 25.7 Å². The van der Waals surface area contributed by atoms with Gasteiger partial charge in [-0.2, -0.15) is 0 Å². The van der Waals surface area contributed by atoms with Crippen LogP contribution in [0.4, 0.5) is 0 Å². The third-order valence-corrected chi connectivity index (χ3v) is 4.59. The molecule has 0 atom stereocenters. The van der Waals surface area contributed by atoms with Crippen molar-refractivity contribution in [1.82, 2.24) is 4.72 Å². The number of methoxy groups -OCH3 is 1. The zero-order valence-electron chi connectivity index (χ0n) is 9.87. The lowest BCUT2D eigenvalue weighted by Crippen LogP contribution is -2.49. The molecule has 96 valence electrons. The molecule has 0 saturated heterocycles. The summed E-state index contributed by atoms with van der Waals surface area (Å²) in [5, 5.41) is 0. The van der Waals surface area contributed by atoms with Crippen LogP contribution in [0, 0.1) is 0 Å². The molecule has 1 saturated carbocycles. The molecule has 1 aliphatic carbocycles. The van der Waals surface area contributed by atoms with Crippen LogP contribution in [-0.4, -0.2) is 40.0 Å². The maximum atomic E-state index is 11.6. The molecule has 0 aromatic carbocycles. The summed E-state index contributed by atoms with van der Waals surface area (Å²) in [4.78, 5) is 0. The summed E-state index contributed by atoms with van der Waals surface area (Å²) in [6, 6.07) is 0. The maximum Gasteiger partial charge on any atom is 0.211 e. The zero-order valence-corrected chi connectivity index (χ0v) is 10.7. The predicted molar refractivity (Wildman–Crippen MR) is 63.7 cm³/mol. The Morgan fingerprint density at radius 1 is 1.38 bits per heavy atom. The van der Waals surface area contributed by atoms with Gasteiger partial charge in [0.1, 0.15) is 0 Å². The first kappa shape index (κ1) is 13.9. The van der Waals surface area contributed by atoms with E-state index in [1.54, 1.807) is 7.11 Å². The minimum absolute atomic E-state index is 0.157. The molecule has 1 fully saturated rings. The first-order valence-electron chi connectivity index (χ1n) is 5.76. The van der Waals surface area contributed by atoms with Gasteiger partial charge >= 0.3 is 0 Å². The van der Waals surface area contributed by atoms with E-state index in [1.165, 1.54) is 0 Å². The van der Waals surface area contributed by atoms with E-state index < -0.39 is 10.0 Å². The SMILES string of the molecule is COC1(CNS(=O)(=O)CCCCN)CCC1. The summed E-state index contributed by atoms with van der Waals surface area (Å²) in [7, 11) is -1.52. The van der Waals surface area contributed by atoms with E-state index >= 15 is 0 Å². The Kier molecular flexibility index (Phi) is 5.17. The second-order valence-electron chi connectivity index (χ2n) is 4.38. The summed E-state index contributed by atoms with van der Waals surface area (Å²) >= 11 is 0. The van der Waals surface area contributed by atoms with E-state index in [0.29, 0.717) is 19.5 Å². The minimum Gasteiger partial charge on any atom is -0.377 e. The van der Waals surface area contributed by atoms with Gasteiger partial charge in [0.25, 0.3) is 0 Å². The van der Waals surface area contributed by atoms with Gasteiger partial charge in [-0.15, -0.1) is 0 Å². The van der Waals surface area contributed by atoms with E-state index in [1.807, 2.05) is 0 Å². The molecular formula is C10H22N2O3S. The van der Waals surface area contributed by atoms with Crippen LogP contribution in [-0.2, 0) is 14.8 Å². The van der Waals surface area contributed by atoms with Crippen molar-refractivity contribution in [3.05, 3.63) is 0 Å². The molecular weight excluding hydrogens is 228 g/mol. The molecule has 0 heterocycles. The van der Waals surface area contributed by atoms with Gasteiger partial charge in [-0.1, -0.05) is 0 Å². The average Bonchev–Trinajstić information content (AvgIpc) is 2.17. The maximum absolute atomic E-state index is 11.6. The summed E-state index contributed by atoms with van der Waals surface area (Å²) in [6.45, 7) is 0.936. The summed E-state index contributed by atoms with van der Waals surface area (Å²) < 4.78 is 31.2. The smallest absolute Gasteiger partial charge is 0.211 e. The van der Waals surface area contributed by atoms with Gasteiger partial charge in [0.05, 0.1) is 11.4 Å². The molecule has 3 N–H and O–H groups in total. The van der Waals surface area contributed by atoms with Crippen molar-refractivity contribution in [1.29, 1.82) is 0 Å². The average molecular weight is 250 g/mol. The molecule has 0 unspecified atom stereocenters. The van der Waals surface area contributed by atoms with Gasteiger partial charge in [-0.3, -0.25) is 0 Å². The second-order valence-corrected chi connectivity index (χ2v) is 6.30. The van der Waals surface area contributed by atoms with Gasteiger partial charge in [-0.05, 0) is 38.6 Å². The Morgan fingerprint density at radius 2 is 2.06 bits per heavy atom. The number of sulfonamides is 1. The van der Waals surface area contributed by atoms with Crippen molar-refractivity contribution < 1.29 is 13.2 Å². The number of unbranched alkanes of at least 4 members (excludes halogenated alkanes) is 1. The largest absolute Gasteiger partial charge is 0.377 e. The lowest BCUT2D eigenvalue weighted by Gasteiger charge is -2.40. The first-order valence-corrected chi connectivity index (χ1v) is 7.41. The molecule has 16 heavy (non-hydrogen) atoms. The number of nitrogens with two attached hydrogens (primary N) is 1.